The van der Waals surface area contributed by atoms with Gasteiger partial charge in [-0.1, -0.05) is 24.3 Å². The summed E-state index contributed by atoms with van der Waals surface area (Å²) in [6.07, 6.45) is 11.6. The second-order valence-electron chi connectivity index (χ2n) is 13.9. The van der Waals surface area contributed by atoms with Crippen molar-refractivity contribution in [3.8, 4) is 11.1 Å². The molecule has 1 saturated heterocycles. The van der Waals surface area contributed by atoms with Crippen molar-refractivity contribution < 1.29 is 14.0 Å². The van der Waals surface area contributed by atoms with E-state index in [9.17, 15) is 9.59 Å². The molecule has 1 unspecified atom stereocenters. The third kappa shape index (κ3) is 4.32. The van der Waals surface area contributed by atoms with Gasteiger partial charge in [-0.05, 0) is 97.7 Å². The van der Waals surface area contributed by atoms with Crippen LogP contribution in [0.15, 0.2) is 54.3 Å². The van der Waals surface area contributed by atoms with Crippen molar-refractivity contribution in [1.82, 2.24) is 24.3 Å². The van der Waals surface area contributed by atoms with Crippen LogP contribution in [0.1, 0.15) is 77.4 Å². The Hall–Kier alpha value is -3.89. The van der Waals surface area contributed by atoms with Crippen LogP contribution in [0.4, 0.5) is 9.52 Å². The van der Waals surface area contributed by atoms with E-state index < -0.39 is 17.8 Å². The number of hydrogen-bond donors (Lipinski definition) is 1. The average molecular weight is 623 g/mol. The third-order valence-corrected chi connectivity index (χ3v) is 11.7. The molecule has 2 amide bonds. The van der Waals surface area contributed by atoms with Gasteiger partial charge in [0.1, 0.15) is 5.82 Å². The molecule has 1 N–H and O–H groups in total. The smallest absolute Gasteiger partial charge is 0.255 e. The Morgan fingerprint density at radius 2 is 1.82 bits per heavy atom. The molecule has 230 valence electrons. The van der Waals surface area contributed by atoms with E-state index in [-0.39, 0.29) is 12.5 Å². The van der Waals surface area contributed by atoms with Crippen molar-refractivity contribution in [2.45, 2.75) is 69.5 Å². The number of aromatic nitrogens is 3. The quantitative estimate of drug-likeness (QED) is 0.263. The molecule has 10 rings (SSSR count). The predicted octanol–water partition coefficient (Wildman–Crippen LogP) is 5.95. The van der Waals surface area contributed by atoms with E-state index in [2.05, 4.69) is 44.5 Å². The molecule has 0 radical (unpaired) electrons. The van der Waals surface area contributed by atoms with Crippen molar-refractivity contribution in [2.24, 2.45) is 5.41 Å². The number of carbonyl (C=O) groups is 2. The van der Waals surface area contributed by atoms with Crippen molar-refractivity contribution in [3.63, 3.8) is 0 Å². The van der Waals surface area contributed by atoms with Crippen LogP contribution in [-0.4, -0.2) is 55.8 Å². The lowest BCUT2D eigenvalue weighted by Gasteiger charge is -2.72. The molecule has 6 aliphatic rings. The van der Waals surface area contributed by atoms with E-state index in [0.717, 1.165) is 30.6 Å². The van der Waals surface area contributed by atoms with Crippen molar-refractivity contribution in [1.29, 1.82) is 0 Å². The summed E-state index contributed by atoms with van der Waals surface area (Å²) in [7, 11) is 0. The number of nitrogens with zero attached hydrogens (tertiary/aromatic N) is 5. The highest BCUT2D eigenvalue weighted by molar-refractivity contribution is 7.13. The molecule has 3 saturated carbocycles. The van der Waals surface area contributed by atoms with Crippen LogP contribution < -0.4 is 5.32 Å². The average Bonchev–Trinajstić information content (AvgIpc) is 3.83. The molecule has 2 bridgehead atoms. The van der Waals surface area contributed by atoms with Crippen LogP contribution in [0.25, 0.3) is 11.1 Å². The largest absolute Gasteiger partial charge is 0.334 e. The molecule has 5 heterocycles. The number of fused-ring (bicyclic) bond motifs is 2. The van der Waals surface area contributed by atoms with E-state index >= 15 is 4.39 Å². The van der Waals surface area contributed by atoms with Gasteiger partial charge in [-0.15, -0.1) is 11.3 Å². The Labute approximate surface area is 265 Å². The summed E-state index contributed by atoms with van der Waals surface area (Å²) in [5.74, 6) is -1.19. The number of carbonyl (C=O) groups excluding carboxylic acids is 2. The van der Waals surface area contributed by atoms with Crippen LogP contribution in [0, 0.1) is 11.2 Å². The molecular formula is C35H35FN6O2S. The fourth-order valence-corrected chi connectivity index (χ4v) is 9.60. The summed E-state index contributed by atoms with van der Waals surface area (Å²) in [6.45, 7) is 4.60. The van der Waals surface area contributed by atoms with E-state index in [1.807, 2.05) is 4.57 Å². The monoisotopic (exact) mass is 622 g/mol. The van der Waals surface area contributed by atoms with E-state index in [0.29, 0.717) is 38.3 Å². The van der Waals surface area contributed by atoms with Gasteiger partial charge in [0, 0.05) is 41.5 Å². The topological polar surface area (TPSA) is 83.4 Å². The van der Waals surface area contributed by atoms with Gasteiger partial charge >= 0.3 is 0 Å². The van der Waals surface area contributed by atoms with Gasteiger partial charge in [0.2, 0.25) is 0 Å². The Balaban J connectivity index is 0.968. The van der Waals surface area contributed by atoms with Gasteiger partial charge in [-0.2, -0.15) is 0 Å². The molecule has 45 heavy (non-hydrogen) atoms. The van der Waals surface area contributed by atoms with Crippen LogP contribution in [0.2, 0.25) is 0 Å². The van der Waals surface area contributed by atoms with Gasteiger partial charge in [0.15, 0.2) is 11.2 Å². The zero-order valence-electron chi connectivity index (χ0n) is 25.1. The van der Waals surface area contributed by atoms with Gasteiger partial charge in [0.25, 0.3) is 11.8 Å². The van der Waals surface area contributed by atoms with Crippen molar-refractivity contribution in [2.75, 3.05) is 25.0 Å². The highest BCUT2D eigenvalue weighted by atomic mass is 32.1. The summed E-state index contributed by atoms with van der Waals surface area (Å²) < 4.78 is 17.8. The number of halogens is 1. The first-order chi connectivity index (χ1) is 21.9. The van der Waals surface area contributed by atoms with Crippen molar-refractivity contribution in [3.05, 3.63) is 88.2 Å². The summed E-state index contributed by atoms with van der Waals surface area (Å²) in [5.41, 5.74) is 5.88. The zero-order chi connectivity index (χ0) is 30.3. The van der Waals surface area contributed by atoms with Gasteiger partial charge in [0.05, 0.1) is 18.6 Å². The molecule has 1 atom stereocenters. The second kappa shape index (κ2) is 10.1. The molecule has 2 aromatic heterocycles. The lowest BCUT2D eigenvalue weighted by atomic mass is 9.33. The molecule has 4 aromatic rings. The number of rotatable bonds is 8. The maximum atomic E-state index is 15.8. The fourth-order valence-electron chi connectivity index (χ4n) is 9.07. The number of nitrogens with one attached hydrogen (secondary N) is 1. The normalized spacial score (nSPS) is 25.5. The summed E-state index contributed by atoms with van der Waals surface area (Å²) in [4.78, 5) is 40.6. The number of benzene rings is 2. The summed E-state index contributed by atoms with van der Waals surface area (Å²) >= 11 is 1.31. The molecule has 4 fully saturated rings. The standard InChI is InChI=1S/C35H35FN6O2S/c36-27-15-23(22-5-7-24(8-6-22)35-17-34(18-35,19-35)20-40-10-1-2-11-40)14-25-26(27)16-42(32(25)44)30(31(43)39-33-37-9-13-45-33)29-28-4-3-12-41(28)21-38-29/h5-9,13-15,21,30H,1-4,10-12,16-20H2,(H,37,39,43). The predicted molar refractivity (Wildman–Crippen MR) is 169 cm³/mol. The van der Waals surface area contributed by atoms with Crippen LogP contribution >= 0.6 is 11.3 Å². The minimum Gasteiger partial charge on any atom is -0.334 e. The number of likely N-dealkylation sites (tertiary alicyclic amines) is 1. The number of hydrogen-bond acceptors (Lipinski definition) is 6. The molecular weight excluding hydrogens is 587 g/mol. The molecule has 2 aromatic carbocycles. The number of imidazole rings is 1. The van der Waals surface area contributed by atoms with Gasteiger partial charge in [-0.25, -0.2) is 14.4 Å². The first-order valence-corrected chi connectivity index (χ1v) is 17.0. The molecule has 8 nitrogen and oxygen atoms in total. The van der Waals surface area contributed by atoms with Crippen LogP contribution in [-0.2, 0) is 29.7 Å². The molecule has 0 spiro atoms. The maximum absolute atomic E-state index is 15.8. The number of anilines is 1. The molecule has 3 aliphatic heterocycles. The lowest BCUT2D eigenvalue weighted by molar-refractivity contribution is -0.153. The van der Waals surface area contributed by atoms with Crippen molar-refractivity contribution >= 4 is 28.3 Å². The highest BCUT2D eigenvalue weighted by Crippen LogP contribution is 2.73. The Kier molecular flexibility index (Phi) is 6.13. The Morgan fingerprint density at radius 1 is 1.02 bits per heavy atom. The fraction of sp³-hybridized carbons (Fsp3) is 0.429. The zero-order valence-corrected chi connectivity index (χ0v) is 25.9. The minimum atomic E-state index is -0.993. The minimum absolute atomic E-state index is 0.00315. The highest BCUT2D eigenvalue weighted by Gasteiger charge is 2.68. The van der Waals surface area contributed by atoms with Crippen LogP contribution in [0.3, 0.4) is 0 Å². The maximum Gasteiger partial charge on any atom is 0.255 e. The summed E-state index contributed by atoms with van der Waals surface area (Å²) in [5, 5.41) is 5.08. The van der Waals surface area contributed by atoms with E-state index in [4.69, 9.17) is 0 Å². The first-order valence-electron chi connectivity index (χ1n) is 16.1. The van der Waals surface area contributed by atoms with E-state index in [1.54, 1.807) is 24.0 Å². The SMILES string of the molecule is O=C(Nc1nccs1)C(c1ncn2c1CCC2)N1Cc2c(F)cc(-c3ccc(C45CC(CN6CCCC6)(C4)C5)cc3)cc2C1=O. The number of amides is 2. The molecule has 3 aliphatic carbocycles. The van der Waals surface area contributed by atoms with Gasteiger partial charge in [-0.3, -0.25) is 14.9 Å². The number of thiazole rings is 1. The molecule has 10 heteroatoms. The summed E-state index contributed by atoms with van der Waals surface area (Å²) in [6, 6.07) is 10.9. The Morgan fingerprint density at radius 3 is 2.58 bits per heavy atom. The second-order valence-corrected chi connectivity index (χ2v) is 14.8. The first kappa shape index (κ1) is 27.4. The van der Waals surface area contributed by atoms with E-state index in [1.165, 1.54) is 79.6 Å². The third-order valence-electron chi connectivity index (χ3n) is 11.0. The number of aryl methyl sites for hydroxylation is 1. The lowest BCUT2D eigenvalue weighted by Crippen LogP contribution is -2.67. The Bertz CT molecular complexity index is 1810. The van der Waals surface area contributed by atoms with Gasteiger partial charge < -0.3 is 14.4 Å². The van der Waals surface area contributed by atoms with Crippen LogP contribution in [0.5, 0.6) is 0 Å².